The molecule has 4 heteroatoms. The van der Waals surface area contributed by atoms with Crippen LogP contribution < -0.4 is 5.63 Å². The van der Waals surface area contributed by atoms with Gasteiger partial charge in [-0.25, -0.2) is 4.79 Å². The molecule has 3 aromatic rings. The molecule has 0 aliphatic carbocycles. The van der Waals surface area contributed by atoms with E-state index in [-0.39, 0.29) is 5.63 Å². The van der Waals surface area contributed by atoms with Gasteiger partial charge in [-0.2, -0.15) is 0 Å². The Morgan fingerprint density at radius 1 is 1.24 bits per heavy atom. The second kappa shape index (κ2) is 5.70. The van der Waals surface area contributed by atoms with Gasteiger partial charge in [0, 0.05) is 27.5 Å². The molecule has 21 heavy (non-hydrogen) atoms. The smallest absolute Gasteiger partial charge is 0.336 e. The Balaban J connectivity index is 2.29. The van der Waals surface area contributed by atoms with Crippen molar-refractivity contribution < 1.29 is 4.42 Å². The first kappa shape index (κ1) is 14.4. The summed E-state index contributed by atoms with van der Waals surface area (Å²) in [4.78, 5) is 12.8. The van der Waals surface area contributed by atoms with Gasteiger partial charge in [-0.1, -0.05) is 46.8 Å². The van der Waals surface area contributed by atoms with Crippen LogP contribution in [0, 0.1) is 6.92 Å². The Kier molecular flexibility index (Phi) is 3.91. The van der Waals surface area contributed by atoms with Crippen LogP contribution in [0.4, 0.5) is 0 Å². The summed E-state index contributed by atoms with van der Waals surface area (Å²) in [6.45, 7) is 5.79. The summed E-state index contributed by atoms with van der Waals surface area (Å²) in [6, 6.07) is 11.7. The van der Waals surface area contributed by atoms with Gasteiger partial charge in [0.1, 0.15) is 5.58 Å². The number of rotatable bonds is 3. The van der Waals surface area contributed by atoms with Crippen molar-refractivity contribution in [3.63, 3.8) is 0 Å². The van der Waals surface area contributed by atoms with Crippen LogP contribution in [0.2, 0.25) is 0 Å². The summed E-state index contributed by atoms with van der Waals surface area (Å²) in [6.07, 6.45) is 0. The van der Waals surface area contributed by atoms with Crippen molar-refractivity contribution in [2.75, 3.05) is 5.75 Å². The van der Waals surface area contributed by atoms with Crippen molar-refractivity contribution in [3.05, 3.63) is 63.4 Å². The molecule has 0 amide bonds. The van der Waals surface area contributed by atoms with Gasteiger partial charge >= 0.3 is 5.63 Å². The van der Waals surface area contributed by atoms with Crippen molar-refractivity contribution in [2.24, 2.45) is 0 Å². The van der Waals surface area contributed by atoms with Gasteiger partial charge < -0.3 is 4.42 Å². The first-order chi connectivity index (χ1) is 10.1. The Hall–Kier alpha value is -1.52. The lowest BCUT2D eigenvalue weighted by Crippen LogP contribution is -1.98. The Bertz CT molecular complexity index is 912. The number of aryl methyl sites for hydroxylation is 1. The largest absolute Gasteiger partial charge is 0.422 e. The SMILES string of the molecule is C=C(Br)CSc1cccc2c1ccc1c(C)cc(=O)oc12. The molecule has 0 fully saturated rings. The molecule has 0 saturated heterocycles. The van der Waals surface area contributed by atoms with Crippen LogP contribution in [0.15, 0.2) is 61.6 Å². The van der Waals surface area contributed by atoms with Crippen molar-refractivity contribution in [1.82, 2.24) is 0 Å². The number of halogens is 1. The second-order valence-electron chi connectivity index (χ2n) is 4.85. The number of hydrogen-bond donors (Lipinski definition) is 0. The molecule has 0 N–H and O–H groups in total. The fourth-order valence-electron chi connectivity index (χ4n) is 2.39. The number of thioether (sulfide) groups is 1. The van der Waals surface area contributed by atoms with E-state index >= 15 is 0 Å². The summed E-state index contributed by atoms with van der Waals surface area (Å²) in [5, 5.41) is 3.05. The lowest BCUT2D eigenvalue weighted by atomic mass is 10.0. The van der Waals surface area contributed by atoms with Gasteiger partial charge in [0.2, 0.25) is 0 Å². The van der Waals surface area contributed by atoms with E-state index in [9.17, 15) is 4.79 Å². The number of fused-ring (bicyclic) bond motifs is 3. The molecule has 0 unspecified atom stereocenters. The fraction of sp³-hybridized carbons (Fsp3) is 0.118. The highest BCUT2D eigenvalue weighted by Crippen LogP contribution is 2.34. The van der Waals surface area contributed by atoms with Crippen LogP contribution in [0.3, 0.4) is 0 Å². The van der Waals surface area contributed by atoms with E-state index in [0.29, 0.717) is 5.58 Å². The highest BCUT2D eigenvalue weighted by atomic mass is 79.9. The number of benzene rings is 2. The molecular formula is C17H13BrO2S. The summed E-state index contributed by atoms with van der Waals surface area (Å²) in [5.41, 5.74) is 1.30. The van der Waals surface area contributed by atoms with E-state index in [1.165, 1.54) is 6.07 Å². The summed E-state index contributed by atoms with van der Waals surface area (Å²) in [5.74, 6) is 0.801. The maximum absolute atomic E-state index is 11.7. The van der Waals surface area contributed by atoms with Crippen LogP contribution in [-0.2, 0) is 0 Å². The Morgan fingerprint density at radius 2 is 2.00 bits per heavy atom. The average molecular weight is 361 g/mol. The number of hydrogen-bond acceptors (Lipinski definition) is 3. The van der Waals surface area contributed by atoms with Gasteiger partial charge in [0.15, 0.2) is 0 Å². The third kappa shape index (κ3) is 2.78. The minimum Gasteiger partial charge on any atom is -0.422 e. The molecular weight excluding hydrogens is 348 g/mol. The predicted octanol–water partition coefficient (Wildman–Crippen LogP) is 5.26. The molecule has 0 aliphatic rings. The normalized spacial score (nSPS) is 11.1. The molecule has 0 aliphatic heterocycles. The molecule has 0 bridgehead atoms. The maximum Gasteiger partial charge on any atom is 0.336 e. The van der Waals surface area contributed by atoms with E-state index < -0.39 is 0 Å². The second-order valence-corrected chi connectivity index (χ2v) is 6.99. The topological polar surface area (TPSA) is 30.2 Å². The van der Waals surface area contributed by atoms with Gasteiger partial charge in [0.25, 0.3) is 0 Å². The maximum atomic E-state index is 11.7. The summed E-state index contributed by atoms with van der Waals surface area (Å²) in [7, 11) is 0. The highest BCUT2D eigenvalue weighted by molar-refractivity contribution is 9.11. The van der Waals surface area contributed by atoms with Gasteiger partial charge in [-0.15, -0.1) is 11.8 Å². The van der Waals surface area contributed by atoms with Crippen molar-refractivity contribution in [3.8, 4) is 0 Å². The summed E-state index contributed by atoms with van der Waals surface area (Å²) >= 11 is 5.09. The summed E-state index contributed by atoms with van der Waals surface area (Å²) < 4.78 is 6.40. The lowest BCUT2D eigenvalue weighted by molar-refractivity contribution is 0.563. The molecule has 2 nitrogen and oxygen atoms in total. The minimum atomic E-state index is -0.306. The van der Waals surface area contributed by atoms with E-state index in [2.05, 4.69) is 34.6 Å². The standard InChI is InChI=1S/C17H13BrO2S/c1-10-8-16(19)20-17-12(10)6-7-13-14(17)4-3-5-15(13)21-9-11(2)18/h3-8H,2,9H2,1H3. The zero-order chi connectivity index (χ0) is 15.0. The van der Waals surface area contributed by atoms with Gasteiger partial charge in [-0.3, -0.25) is 0 Å². The van der Waals surface area contributed by atoms with E-state index in [1.54, 1.807) is 11.8 Å². The molecule has 0 atom stereocenters. The van der Waals surface area contributed by atoms with Crippen LogP contribution in [0.5, 0.6) is 0 Å². The quantitative estimate of drug-likeness (QED) is 0.362. The van der Waals surface area contributed by atoms with Gasteiger partial charge in [0.05, 0.1) is 0 Å². The third-order valence-electron chi connectivity index (χ3n) is 3.32. The van der Waals surface area contributed by atoms with Gasteiger partial charge in [-0.05, 0) is 28.4 Å². The highest BCUT2D eigenvalue weighted by Gasteiger charge is 2.09. The Labute approximate surface area is 135 Å². The molecule has 2 aromatic carbocycles. The monoisotopic (exact) mass is 360 g/mol. The fourth-order valence-corrected chi connectivity index (χ4v) is 3.55. The van der Waals surface area contributed by atoms with Crippen LogP contribution in [0.25, 0.3) is 21.7 Å². The van der Waals surface area contributed by atoms with Crippen LogP contribution in [0.1, 0.15) is 5.56 Å². The van der Waals surface area contributed by atoms with E-state index in [1.807, 2.05) is 25.1 Å². The zero-order valence-electron chi connectivity index (χ0n) is 11.5. The molecule has 1 heterocycles. The first-order valence-electron chi connectivity index (χ1n) is 6.48. The van der Waals surface area contributed by atoms with E-state index in [0.717, 1.165) is 36.9 Å². The van der Waals surface area contributed by atoms with Crippen molar-refractivity contribution in [2.45, 2.75) is 11.8 Å². The molecule has 1 aromatic heterocycles. The molecule has 0 saturated carbocycles. The first-order valence-corrected chi connectivity index (χ1v) is 8.26. The van der Waals surface area contributed by atoms with Crippen LogP contribution >= 0.6 is 27.7 Å². The van der Waals surface area contributed by atoms with Crippen molar-refractivity contribution in [1.29, 1.82) is 0 Å². The molecule has 3 rings (SSSR count). The lowest BCUT2D eigenvalue weighted by Gasteiger charge is -2.08. The van der Waals surface area contributed by atoms with E-state index in [4.69, 9.17) is 4.42 Å². The molecule has 106 valence electrons. The zero-order valence-corrected chi connectivity index (χ0v) is 13.9. The van der Waals surface area contributed by atoms with Crippen molar-refractivity contribution >= 4 is 49.4 Å². The molecule has 0 radical (unpaired) electrons. The molecule has 0 spiro atoms. The predicted molar refractivity (Wildman–Crippen MR) is 93.5 cm³/mol. The average Bonchev–Trinajstić information content (AvgIpc) is 2.44. The third-order valence-corrected chi connectivity index (χ3v) is 5.13. The van der Waals surface area contributed by atoms with Crippen LogP contribution in [-0.4, -0.2) is 5.75 Å². The Morgan fingerprint density at radius 3 is 2.76 bits per heavy atom. The minimum absolute atomic E-state index is 0.306.